The summed E-state index contributed by atoms with van der Waals surface area (Å²) < 4.78 is 1.65. The minimum atomic E-state index is -0.314. The van der Waals surface area contributed by atoms with Crippen LogP contribution in [0.3, 0.4) is 0 Å². The zero-order valence-corrected chi connectivity index (χ0v) is 12.2. The van der Waals surface area contributed by atoms with Crippen molar-refractivity contribution in [2.45, 2.75) is 25.9 Å². The molecular formula is C15H17N5O2. The highest BCUT2D eigenvalue weighted by molar-refractivity contribution is 5.80. The van der Waals surface area contributed by atoms with E-state index in [4.69, 9.17) is 0 Å². The molecule has 0 spiro atoms. The van der Waals surface area contributed by atoms with Crippen molar-refractivity contribution in [3.8, 4) is 0 Å². The van der Waals surface area contributed by atoms with Crippen LogP contribution in [0.25, 0.3) is 11.0 Å². The monoisotopic (exact) mass is 299 g/mol. The topological polar surface area (TPSA) is 95.6 Å². The number of rotatable bonds is 5. The number of imidazole rings is 1. The molecule has 1 aromatic carbocycles. The number of benzene rings is 1. The molecule has 0 aliphatic heterocycles. The Balaban J connectivity index is 1.70. The number of nitrogens with zero attached hydrogens (tertiary/aromatic N) is 2. The lowest BCUT2D eigenvalue weighted by atomic mass is 10.1. The Kier molecular flexibility index (Phi) is 3.78. The summed E-state index contributed by atoms with van der Waals surface area (Å²) in [5.74, 6) is -0.0751. The maximum Gasteiger partial charge on any atom is 0.323 e. The number of hydrogen-bond acceptors (Lipinski definition) is 3. The molecule has 0 aliphatic rings. The number of nitrogens with one attached hydrogen (secondary N) is 3. The molecule has 114 valence electrons. The van der Waals surface area contributed by atoms with Crippen LogP contribution in [-0.2, 0) is 11.3 Å². The third kappa shape index (κ3) is 2.78. The number of carbonyl (C=O) groups is 1. The zero-order valence-electron chi connectivity index (χ0n) is 12.2. The first-order chi connectivity index (χ1) is 10.7. The molecule has 22 heavy (non-hydrogen) atoms. The van der Waals surface area contributed by atoms with Crippen LogP contribution in [0.1, 0.15) is 24.9 Å². The molecule has 0 saturated heterocycles. The van der Waals surface area contributed by atoms with Gasteiger partial charge in [-0.2, -0.15) is 5.10 Å². The van der Waals surface area contributed by atoms with Crippen molar-refractivity contribution >= 4 is 16.9 Å². The van der Waals surface area contributed by atoms with Crippen LogP contribution in [0.5, 0.6) is 0 Å². The van der Waals surface area contributed by atoms with E-state index in [9.17, 15) is 9.59 Å². The zero-order chi connectivity index (χ0) is 15.5. The summed E-state index contributed by atoms with van der Waals surface area (Å²) in [5, 5.41) is 7.03. The number of amides is 1. The molecule has 0 bridgehead atoms. The normalized spacial score (nSPS) is 12.4. The SMILES string of the molecule is CCC(C(=O)NCc1ccc2[nH]c(=O)[nH]c2c1)n1cccn1. The van der Waals surface area contributed by atoms with Gasteiger partial charge in [-0.3, -0.25) is 9.48 Å². The third-order valence-electron chi connectivity index (χ3n) is 3.58. The van der Waals surface area contributed by atoms with E-state index in [0.717, 1.165) is 16.6 Å². The van der Waals surface area contributed by atoms with Crippen molar-refractivity contribution in [2.24, 2.45) is 0 Å². The van der Waals surface area contributed by atoms with Crippen molar-refractivity contribution < 1.29 is 4.79 Å². The van der Waals surface area contributed by atoms with Crippen LogP contribution in [-0.4, -0.2) is 25.7 Å². The van der Waals surface area contributed by atoms with Crippen molar-refractivity contribution in [3.63, 3.8) is 0 Å². The minimum Gasteiger partial charge on any atom is -0.350 e. The van der Waals surface area contributed by atoms with Gasteiger partial charge in [-0.25, -0.2) is 4.79 Å². The van der Waals surface area contributed by atoms with E-state index in [-0.39, 0.29) is 17.6 Å². The molecule has 7 heteroatoms. The Labute approximate surface area is 126 Å². The lowest BCUT2D eigenvalue weighted by Crippen LogP contribution is -2.32. The maximum absolute atomic E-state index is 12.3. The number of aromatic nitrogens is 4. The molecule has 2 aromatic heterocycles. The van der Waals surface area contributed by atoms with Gasteiger partial charge in [-0.15, -0.1) is 0 Å². The van der Waals surface area contributed by atoms with Gasteiger partial charge in [0.1, 0.15) is 6.04 Å². The summed E-state index contributed by atoms with van der Waals surface area (Å²) >= 11 is 0. The first-order valence-corrected chi connectivity index (χ1v) is 7.15. The molecule has 2 heterocycles. The van der Waals surface area contributed by atoms with Crippen molar-refractivity contribution in [3.05, 3.63) is 52.7 Å². The van der Waals surface area contributed by atoms with Crippen molar-refractivity contribution in [1.29, 1.82) is 0 Å². The Morgan fingerprint density at radius 3 is 2.91 bits per heavy atom. The largest absolute Gasteiger partial charge is 0.350 e. The van der Waals surface area contributed by atoms with Gasteiger partial charge < -0.3 is 15.3 Å². The molecular weight excluding hydrogens is 282 g/mol. The first-order valence-electron chi connectivity index (χ1n) is 7.15. The van der Waals surface area contributed by atoms with E-state index in [2.05, 4.69) is 20.4 Å². The average molecular weight is 299 g/mol. The molecule has 7 nitrogen and oxygen atoms in total. The summed E-state index contributed by atoms with van der Waals surface area (Å²) in [4.78, 5) is 28.9. The fourth-order valence-corrected chi connectivity index (χ4v) is 2.45. The van der Waals surface area contributed by atoms with Crippen LogP contribution in [0, 0.1) is 0 Å². The molecule has 1 unspecified atom stereocenters. The van der Waals surface area contributed by atoms with Crippen LogP contribution in [0.15, 0.2) is 41.5 Å². The molecule has 3 aromatic rings. The van der Waals surface area contributed by atoms with Crippen LogP contribution in [0.2, 0.25) is 0 Å². The van der Waals surface area contributed by atoms with E-state index in [1.54, 1.807) is 23.1 Å². The van der Waals surface area contributed by atoms with Gasteiger partial charge in [0.25, 0.3) is 0 Å². The van der Waals surface area contributed by atoms with E-state index in [1.165, 1.54) is 0 Å². The molecule has 0 aliphatic carbocycles. The fourth-order valence-electron chi connectivity index (χ4n) is 2.45. The quantitative estimate of drug-likeness (QED) is 0.663. The molecule has 1 atom stereocenters. The summed E-state index contributed by atoms with van der Waals surface area (Å²) in [5.41, 5.74) is 2.17. The summed E-state index contributed by atoms with van der Waals surface area (Å²) in [6.07, 6.45) is 4.11. The van der Waals surface area contributed by atoms with Crippen molar-refractivity contribution in [2.75, 3.05) is 0 Å². The van der Waals surface area contributed by atoms with Gasteiger partial charge in [0.15, 0.2) is 0 Å². The predicted molar refractivity (Wildman–Crippen MR) is 82.3 cm³/mol. The molecule has 1 amide bonds. The van der Waals surface area contributed by atoms with Gasteiger partial charge in [0.2, 0.25) is 5.91 Å². The standard InChI is InChI=1S/C15H17N5O2/c1-2-13(20-7-3-6-17-20)14(21)16-9-10-4-5-11-12(8-10)19-15(22)18-11/h3-8,13H,2,9H2,1H3,(H,16,21)(H2,18,19,22). The number of aromatic amines is 2. The van der Waals surface area contributed by atoms with Crippen molar-refractivity contribution in [1.82, 2.24) is 25.1 Å². The number of fused-ring (bicyclic) bond motifs is 1. The third-order valence-corrected chi connectivity index (χ3v) is 3.58. The molecule has 0 fully saturated rings. The summed E-state index contributed by atoms with van der Waals surface area (Å²) in [6, 6.07) is 7.03. The van der Waals surface area contributed by atoms with E-state index >= 15 is 0 Å². The van der Waals surface area contributed by atoms with E-state index in [1.807, 2.05) is 25.1 Å². The fraction of sp³-hybridized carbons (Fsp3) is 0.267. The molecule has 0 radical (unpaired) electrons. The maximum atomic E-state index is 12.3. The second kappa shape index (κ2) is 5.88. The highest BCUT2D eigenvalue weighted by atomic mass is 16.2. The number of H-pyrrole nitrogens is 2. The molecule has 0 saturated carbocycles. The highest BCUT2D eigenvalue weighted by Crippen LogP contribution is 2.12. The van der Waals surface area contributed by atoms with Gasteiger partial charge in [-0.1, -0.05) is 13.0 Å². The lowest BCUT2D eigenvalue weighted by Gasteiger charge is -2.15. The lowest BCUT2D eigenvalue weighted by molar-refractivity contribution is -0.124. The van der Waals surface area contributed by atoms with Gasteiger partial charge in [0, 0.05) is 18.9 Å². The van der Waals surface area contributed by atoms with Gasteiger partial charge >= 0.3 is 5.69 Å². The van der Waals surface area contributed by atoms with Crippen LogP contribution in [0.4, 0.5) is 0 Å². The van der Waals surface area contributed by atoms with Crippen LogP contribution < -0.4 is 11.0 Å². The molecule has 3 N–H and O–H groups in total. The van der Waals surface area contributed by atoms with E-state index in [0.29, 0.717) is 13.0 Å². The summed E-state index contributed by atoms with van der Waals surface area (Å²) in [6.45, 7) is 2.35. The Bertz CT molecular complexity index is 831. The van der Waals surface area contributed by atoms with Gasteiger partial charge in [-0.05, 0) is 30.2 Å². The number of hydrogen-bond donors (Lipinski definition) is 3. The highest BCUT2D eigenvalue weighted by Gasteiger charge is 2.18. The average Bonchev–Trinajstić information content (AvgIpc) is 3.14. The second-order valence-electron chi connectivity index (χ2n) is 5.09. The Morgan fingerprint density at radius 1 is 1.36 bits per heavy atom. The Morgan fingerprint density at radius 2 is 2.18 bits per heavy atom. The van der Waals surface area contributed by atoms with E-state index < -0.39 is 0 Å². The smallest absolute Gasteiger partial charge is 0.323 e. The number of carbonyl (C=O) groups excluding carboxylic acids is 1. The summed E-state index contributed by atoms with van der Waals surface area (Å²) in [7, 11) is 0. The minimum absolute atomic E-state index is 0.0751. The predicted octanol–water partition coefficient (Wildman–Crippen LogP) is 1.32. The Hall–Kier alpha value is -2.83. The molecule has 3 rings (SSSR count). The second-order valence-corrected chi connectivity index (χ2v) is 5.09. The first kappa shape index (κ1) is 14.1. The van der Waals surface area contributed by atoms with Gasteiger partial charge in [0.05, 0.1) is 11.0 Å². The van der Waals surface area contributed by atoms with Crippen LogP contribution >= 0.6 is 0 Å².